The lowest BCUT2D eigenvalue weighted by molar-refractivity contribution is -0.143. The first-order chi connectivity index (χ1) is 9.29. The van der Waals surface area contributed by atoms with Crippen molar-refractivity contribution < 1.29 is 19.5 Å². The lowest BCUT2D eigenvalue weighted by atomic mass is 9.98. The van der Waals surface area contributed by atoms with Crippen molar-refractivity contribution in [1.82, 2.24) is 10.6 Å². The summed E-state index contributed by atoms with van der Waals surface area (Å²) in [5.74, 6) is -1.76. The topological polar surface area (TPSA) is 148 Å². The zero-order valence-corrected chi connectivity index (χ0v) is 11.9. The molecule has 0 saturated heterocycles. The van der Waals surface area contributed by atoms with Crippen molar-refractivity contribution >= 4 is 17.9 Å². The molecule has 8 nitrogen and oxygen atoms in total. The van der Waals surface area contributed by atoms with Crippen LogP contribution in [0.2, 0.25) is 0 Å². The Labute approximate surface area is 118 Å². The molecule has 0 saturated carbocycles. The molecule has 0 aliphatic carbocycles. The van der Waals surface area contributed by atoms with Gasteiger partial charge in [0, 0.05) is 6.54 Å². The fourth-order valence-corrected chi connectivity index (χ4v) is 1.61. The fourth-order valence-electron chi connectivity index (χ4n) is 1.61. The number of hydrogen-bond acceptors (Lipinski definition) is 4. The Morgan fingerprint density at radius 1 is 1.30 bits per heavy atom. The van der Waals surface area contributed by atoms with E-state index in [1.807, 2.05) is 6.92 Å². The van der Waals surface area contributed by atoms with E-state index in [0.29, 0.717) is 25.8 Å². The second-order valence-corrected chi connectivity index (χ2v) is 4.75. The van der Waals surface area contributed by atoms with Crippen molar-refractivity contribution in [2.75, 3.05) is 6.54 Å². The van der Waals surface area contributed by atoms with Gasteiger partial charge in [-0.15, -0.1) is 0 Å². The molecule has 7 N–H and O–H groups in total. The van der Waals surface area contributed by atoms with Gasteiger partial charge in [0.05, 0.1) is 6.04 Å². The molecular weight excluding hydrogens is 264 g/mol. The van der Waals surface area contributed by atoms with Crippen LogP contribution in [0, 0.1) is 5.92 Å². The molecule has 0 radical (unpaired) electrons. The molecule has 20 heavy (non-hydrogen) atoms. The Hall–Kier alpha value is -1.83. The minimum Gasteiger partial charge on any atom is -0.480 e. The fraction of sp³-hybridized carbons (Fsp3) is 0.750. The molecule has 0 aromatic rings. The molecule has 0 aromatic heterocycles. The van der Waals surface area contributed by atoms with Crippen LogP contribution >= 0.6 is 0 Å². The number of nitrogens with two attached hydrogens (primary N) is 2. The molecule has 116 valence electrons. The summed E-state index contributed by atoms with van der Waals surface area (Å²) in [6, 6.07) is -2.39. The molecule has 0 unspecified atom stereocenters. The van der Waals surface area contributed by atoms with Crippen LogP contribution < -0.4 is 22.1 Å². The molecule has 0 fully saturated rings. The number of carboxylic acid groups (broad SMARTS) is 1. The number of carbonyl (C=O) groups is 3. The Morgan fingerprint density at radius 3 is 2.35 bits per heavy atom. The summed E-state index contributed by atoms with van der Waals surface area (Å²) in [6.45, 7) is 3.92. The largest absolute Gasteiger partial charge is 0.480 e. The summed E-state index contributed by atoms with van der Waals surface area (Å²) in [4.78, 5) is 33.3. The van der Waals surface area contributed by atoms with Crippen LogP contribution in [-0.4, -0.2) is 41.6 Å². The van der Waals surface area contributed by atoms with Crippen LogP contribution in [0.15, 0.2) is 0 Å². The third-order valence-electron chi connectivity index (χ3n) is 3.10. The minimum absolute atomic E-state index is 0.180. The predicted octanol–water partition coefficient (Wildman–Crippen LogP) is -0.622. The van der Waals surface area contributed by atoms with Gasteiger partial charge in [-0.05, 0) is 18.8 Å². The molecule has 0 aliphatic heterocycles. The quantitative estimate of drug-likeness (QED) is 0.358. The maximum Gasteiger partial charge on any atom is 0.326 e. The van der Waals surface area contributed by atoms with Crippen molar-refractivity contribution in [3.63, 3.8) is 0 Å². The van der Waals surface area contributed by atoms with E-state index >= 15 is 0 Å². The van der Waals surface area contributed by atoms with Crippen LogP contribution in [0.3, 0.4) is 0 Å². The zero-order chi connectivity index (χ0) is 15.7. The average molecular weight is 288 g/mol. The Balaban J connectivity index is 4.22. The first kappa shape index (κ1) is 18.2. The summed E-state index contributed by atoms with van der Waals surface area (Å²) in [5.41, 5.74) is 10.6. The minimum atomic E-state index is -1.07. The molecule has 3 atom stereocenters. The lowest BCUT2D eigenvalue weighted by Crippen LogP contribution is -2.51. The van der Waals surface area contributed by atoms with Gasteiger partial charge in [0.15, 0.2) is 0 Å². The first-order valence-corrected chi connectivity index (χ1v) is 6.61. The van der Waals surface area contributed by atoms with Crippen molar-refractivity contribution in [3.05, 3.63) is 0 Å². The number of aliphatic carboxylic acids is 1. The van der Waals surface area contributed by atoms with Gasteiger partial charge in [0.1, 0.15) is 6.04 Å². The molecule has 0 aromatic carbocycles. The van der Waals surface area contributed by atoms with Crippen molar-refractivity contribution in [2.24, 2.45) is 17.4 Å². The highest BCUT2D eigenvalue weighted by atomic mass is 16.4. The number of rotatable bonds is 9. The van der Waals surface area contributed by atoms with E-state index in [0.717, 1.165) is 0 Å². The van der Waals surface area contributed by atoms with Crippen LogP contribution in [0.1, 0.15) is 33.1 Å². The molecule has 0 bridgehead atoms. The van der Waals surface area contributed by atoms with Gasteiger partial charge in [-0.1, -0.05) is 20.3 Å². The Morgan fingerprint density at radius 2 is 1.90 bits per heavy atom. The van der Waals surface area contributed by atoms with E-state index in [9.17, 15) is 14.4 Å². The van der Waals surface area contributed by atoms with E-state index < -0.39 is 30.0 Å². The summed E-state index contributed by atoms with van der Waals surface area (Å²) < 4.78 is 0. The van der Waals surface area contributed by atoms with Gasteiger partial charge < -0.3 is 27.2 Å². The number of amides is 3. The van der Waals surface area contributed by atoms with Gasteiger partial charge in [0.25, 0.3) is 0 Å². The maximum absolute atomic E-state index is 11.8. The molecule has 8 heteroatoms. The molecular formula is C12H24N4O4. The highest BCUT2D eigenvalue weighted by molar-refractivity contribution is 5.86. The van der Waals surface area contributed by atoms with Gasteiger partial charge in [-0.25, -0.2) is 9.59 Å². The summed E-state index contributed by atoms with van der Waals surface area (Å²) in [7, 11) is 0. The van der Waals surface area contributed by atoms with Crippen LogP contribution in [0.25, 0.3) is 0 Å². The maximum atomic E-state index is 11.8. The summed E-state index contributed by atoms with van der Waals surface area (Å²) in [5, 5.41) is 13.9. The van der Waals surface area contributed by atoms with E-state index in [2.05, 4.69) is 10.6 Å². The number of nitrogens with one attached hydrogen (secondary N) is 2. The smallest absolute Gasteiger partial charge is 0.326 e. The van der Waals surface area contributed by atoms with Crippen LogP contribution in [-0.2, 0) is 9.59 Å². The number of carbonyl (C=O) groups excluding carboxylic acids is 2. The van der Waals surface area contributed by atoms with Gasteiger partial charge in [-0.3, -0.25) is 4.79 Å². The Bertz CT molecular complexity index is 348. The van der Waals surface area contributed by atoms with Gasteiger partial charge >= 0.3 is 12.0 Å². The molecule has 0 aliphatic rings. The van der Waals surface area contributed by atoms with Crippen LogP contribution in [0.5, 0.6) is 0 Å². The normalized spacial score (nSPS) is 14.9. The monoisotopic (exact) mass is 288 g/mol. The van der Waals surface area contributed by atoms with Gasteiger partial charge in [-0.2, -0.15) is 0 Å². The van der Waals surface area contributed by atoms with Gasteiger partial charge in [0.2, 0.25) is 5.91 Å². The molecule has 0 rings (SSSR count). The van der Waals surface area contributed by atoms with Crippen molar-refractivity contribution in [3.8, 4) is 0 Å². The SMILES string of the molecule is CC[C@H](C)[C@H](NC(=O)[C@@H](N)CCCNC(N)=O)C(=O)O. The van der Waals surface area contributed by atoms with E-state index in [-0.39, 0.29) is 5.92 Å². The first-order valence-electron chi connectivity index (χ1n) is 6.61. The Kier molecular flexibility index (Phi) is 8.30. The summed E-state index contributed by atoms with van der Waals surface area (Å²) >= 11 is 0. The predicted molar refractivity (Wildman–Crippen MR) is 73.8 cm³/mol. The van der Waals surface area contributed by atoms with E-state index in [4.69, 9.17) is 16.6 Å². The number of urea groups is 1. The van der Waals surface area contributed by atoms with E-state index in [1.54, 1.807) is 6.92 Å². The average Bonchev–Trinajstić information content (AvgIpc) is 2.38. The molecule has 0 heterocycles. The lowest BCUT2D eigenvalue weighted by Gasteiger charge is -2.22. The summed E-state index contributed by atoms with van der Waals surface area (Å²) in [6.07, 6.45) is 1.45. The van der Waals surface area contributed by atoms with Crippen molar-refractivity contribution in [2.45, 2.75) is 45.2 Å². The number of carboxylic acids is 1. The highest BCUT2D eigenvalue weighted by Crippen LogP contribution is 2.08. The third-order valence-corrected chi connectivity index (χ3v) is 3.10. The number of primary amides is 1. The third kappa shape index (κ3) is 6.93. The zero-order valence-electron chi connectivity index (χ0n) is 11.9. The van der Waals surface area contributed by atoms with E-state index in [1.165, 1.54) is 0 Å². The highest BCUT2D eigenvalue weighted by Gasteiger charge is 2.27. The standard InChI is InChI=1S/C12H24N4O4/c1-3-7(2)9(11(18)19)16-10(17)8(13)5-4-6-15-12(14)20/h7-9H,3-6,13H2,1-2H3,(H,16,17)(H,18,19)(H3,14,15,20)/t7-,8-,9-/m0/s1. The second-order valence-electron chi connectivity index (χ2n) is 4.75. The molecule has 3 amide bonds. The van der Waals surface area contributed by atoms with Crippen molar-refractivity contribution in [1.29, 1.82) is 0 Å². The number of hydrogen-bond donors (Lipinski definition) is 5. The second kappa shape index (κ2) is 9.13. The van der Waals surface area contributed by atoms with Crippen LogP contribution in [0.4, 0.5) is 4.79 Å². The molecule has 0 spiro atoms.